The SMILES string of the molecule is COc1cc(F)c([N+](=O)[O-])c(NC(C)CCc2cccn2C)c1. The van der Waals surface area contributed by atoms with Crippen LogP contribution in [-0.2, 0) is 13.5 Å². The number of aryl methyl sites for hydroxylation is 2. The molecule has 0 spiro atoms. The number of rotatable bonds is 7. The molecule has 0 amide bonds. The molecule has 6 nitrogen and oxygen atoms in total. The summed E-state index contributed by atoms with van der Waals surface area (Å²) in [6.07, 6.45) is 3.54. The number of aromatic nitrogens is 1. The minimum atomic E-state index is -0.911. The van der Waals surface area contributed by atoms with E-state index in [4.69, 9.17) is 4.74 Å². The van der Waals surface area contributed by atoms with Crippen LogP contribution in [0, 0.1) is 15.9 Å². The van der Waals surface area contributed by atoms with Crippen LogP contribution in [0.1, 0.15) is 19.0 Å². The van der Waals surface area contributed by atoms with E-state index in [0.717, 1.165) is 18.9 Å². The van der Waals surface area contributed by atoms with Gasteiger partial charge in [-0.1, -0.05) is 0 Å². The Balaban J connectivity index is 2.13. The monoisotopic (exact) mass is 321 g/mol. The Morgan fingerprint density at radius 2 is 2.22 bits per heavy atom. The fourth-order valence-corrected chi connectivity index (χ4v) is 2.45. The van der Waals surface area contributed by atoms with Gasteiger partial charge in [-0.3, -0.25) is 10.1 Å². The number of hydrogen-bond donors (Lipinski definition) is 1. The first-order valence-electron chi connectivity index (χ1n) is 7.31. The predicted molar refractivity (Wildman–Crippen MR) is 86.4 cm³/mol. The maximum Gasteiger partial charge on any atom is 0.327 e. The zero-order valence-corrected chi connectivity index (χ0v) is 13.4. The summed E-state index contributed by atoms with van der Waals surface area (Å²) in [6, 6.07) is 6.39. The molecule has 0 radical (unpaired) electrons. The number of nitro benzene ring substituents is 1. The quantitative estimate of drug-likeness (QED) is 0.626. The second kappa shape index (κ2) is 7.13. The molecule has 1 atom stereocenters. The van der Waals surface area contributed by atoms with Crippen LogP contribution in [0.2, 0.25) is 0 Å². The predicted octanol–water partition coefficient (Wildman–Crippen LogP) is 3.51. The van der Waals surface area contributed by atoms with Gasteiger partial charge >= 0.3 is 5.69 Å². The molecule has 0 saturated heterocycles. The third kappa shape index (κ3) is 4.00. The Kier molecular flexibility index (Phi) is 5.20. The fraction of sp³-hybridized carbons (Fsp3) is 0.375. The van der Waals surface area contributed by atoms with Crippen molar-refractivity contribution in [2.45, 2.75) is 25.8 Å². The van der Waals surface area contributed by atoms with E-state index in [0.29, 0.717) is 0 Å². The molecule has 1 N–H and O–H groups in total. The number of nitrogens with zero attached hydrogens (tertiary/aromatic N) is 2. The van der Waals surface area contributed by atoms with Gasteiger partial charge in [-0.15, -0.1) is 0 Å². The number of anilines is 1. The van der Waals surface area contributed by atoms with Crippen molar-refractivity contribution in [3.05, 3.63) is 52.1 Å². The number of halogens is 1. The Morgan fingerprint density at radius 1 is 1.48 bits per heavy atom. The lowest BCUT2D eigenvalue weighted by Gasteiger charge is -2.16. The summed E-state index contributed by atoms with van der Waals surface area (Å²) < 4.78 is 20.9. The highest BCUT2D eigenvalue weighted by Crippen LogP contribution is 2.33. The van der Waals surface area contributed by atoms with Crippen molar-refractivity contribution in [2.75, 3.05) is 12.4 Å². The first-order valence-corrected chi connectivity index (χ1v) is 7.31. The highest BCUT2D eigenvalue weighted by molar-refractivity contribution is 5.65. The largest absolute Gasteiger partial charge is 0.497 e. The van der Waals surface area contributed by atoms with Crippen molar-refractivity contribution >= 4 is 11.4 Å². The lowest BCUT2D eigenvalue weighted by Crippen LogP contribution is -2.18. The highest BCUT2D eigenvalue weighted by Gasteiger charge is 2.23. The molecule has 7 heteroatoms. The van der Waals surface area contributed by atoms with Crippen LogP contribution in [0.5, 0.6) is 5.75 Å². The molecule has 0 aliphatic heterocycles. The van der Waals surface area contributed by atoms with Crippen LogP contribution in [0.3, 0.4) is 0 Å². The lowest BCUT2D eigenvalue weighted by atomic mass is 10.1. The summed E-state index contributed by atoms with van der Waals surface area (Å²) >= 11 is 0. The van der Waals surface area contributed by atoms with E-state index >= 15 is 0 Å². The molecular formula is C16H20FN3O3. The summed E-state index contributed by atoms with van der Waals surface area (Å²) in [7, 11) is 3.36. The summed E-state index contributed by atoms with van der Waals surface area (Å²) in [5.41, 5.74) is 0.743. The summed E-state index contributed by atoms with van der Waals surface area (Å²) in [5.74, 6) is -0.670. The summed E-state index contributed by atoms with van der Waals surface area (Å²) in [5, 5.41) is 14.1. The molecule has 1 unspecified atom stereocenters. The molecule has 1 heterocycles. The summed E-state index contributed by atoms with van der Waals surface area (Å²) in [4.78, 5) is 10.4. The smallest absolute Gasteiger partial charge is 0.327 e. The number of hydrogen-bond acceptors (Lipinski definition) is 4. The van der Waals surface area contributed by atoms with Crippen molar-refractivity contribution < 1.29 is 14.1 Å². The Hall–Kier alpha value is -2.57. The average Bonchev–Trinajstić information content (AvgIpc) is 2.89. The second-order valence-electron chi connectivity index (χ2n) is 5.46. The first-order chi connectivity index (χ1) is 10.9. The van der Waals surface area contributed by atoms with Gasteiger partial charge in [-0.2, -0.15) is 4.39 Å². The van der Waals surface area contributed by atoms with Gasteiger partial charge in [0.2, 0.25) is 5.82 Å². The van der Waals surface area contributed by atoms with E-state index in [1.807, 2.05) is 36.9 Å². The molecule has 1 aromatic heterocycles. The maximum atomic E-state index is 13.9. The van der Waals surface area contributed by atoms with Gasteiger partial charge in [0.05, 0.1) is 12.0 Å². The molecular weight excluding hydrogens is 301 g/mol. The van der Waals surface area contributed by atoms with Gasteiger partial charge in [-0.25, -0.2) is 0 Å². The van der Waals surface area contributed by atoms with Crippen molar-refractivity contribution in [2.24, 2.45) is 7.05 Å². The van der Waals surface area contributed by atoms with E-state index < -0.39 is 16.4 Å². The van der Waals surface area contributed by atoms with Gasteiger partial charge < -0.3 is 14.6 Å². The van der Waals surface area contributed by atoms with Gasteiger partial charge in [0, 0.05) is 37.1 Å². The average molecular weight is 321 g/mol. The minimum absolute atomic E-state index is 0.0601. The lowest BCUT2D eigenvalue weighted by molar-refractivity contribution is -0.386. The molecule has 0 bridgehead atoms. The van der Waals surface area contributed by atoms with Crippen LogP contribution >= 0.6 is 0 Å². The fourth-order valence-electron chi connectivity index (χ4n) is 2.45. The van der Waals surface area contributed by atoms with Gasteiger partial charge in [-0.05, 0) is 31.9 Å². The molecule has 1 aromatic carbocycles. The van der Waals surface area contributed by atoms with Crippen LogP contribution in [0.15, 0.2) is 30.5 Å². The molecule has 2 aromatic rings. The third-order valence-electron chi connectivity index (χ3n) is 3.74. The molecule has 0 aliphatic rings. The van der Waals surface area contributed by atoms with E-state index in [9.17, 15) is 14.5 Å². The van der Waals surface area contributed by atoms with Gasteiger partial charge in [0.15, 0.2) is 0 Å². The van der Waals surface area contributed by atoms with E-state index in [2.05, 4.69) is 5.32 Å². The van der Waals surface area contributed by atoms with Crippen LogP contribution in [-0.4, -0.2) is 22.6 Å². The standard InChI is InChI=1S/C16H20FN3O3/c1-11(6-7-12-5-4-8-19(12)2)18-15-10-13(23-3)9-14(17)16(15)20(21)22/h4-5,8-11,18H,6-7H2,1-3H3. The Bertz CT molecular complexity index is 700. The van der Waals surface area contributed by atoms with Crippen molar-refractivity contribution in [3.8, 4) is 5.75 Å². The molecule has 0 fully saturated rings. The van der Waals surface area contributed by atoms with E-state index in [1.165, 1.54) is 18.9 Å². The number of nitrogens with one attached hydrogen (secondary N) is 1. The normalized spacial score (nSPS) is 12.0. The van der Waals surface area contributed by atoms with E-state index in [1.54, 1.807) is 0 Å². The van der Waals surface area contributed by atoms with Crippen molar-refractivity contribution in [1.82, 2.24) is 4.57 Å². The molecule has 124 valence electrons. The van der Waals surface area contributed by atoms with Crippen LogP contribution in [0.25, 0.3) is 0 Å². The Morgan fingerprint density at radius 3 is 2.78 bits per heavy atom. The van der Waals surface area contributed by atoms with Crippen LogP contribution in [0.4, 0.5) is 15.8 Å². The number of methoxy groups -OCH3 is 1. The third-order valence-corrected chi connectivity index (χ3v) is 3.74. The second-order valence-corrected chi connectivity index (χ2v) is 5.46. The molecule has 2 rings (SSSR count). The first kappa shape index (κ1) is 16.8. The van der Waals surface area contributed by atoms with Gasteiger partial charge in [0.25, 0.3) is 0 Å². The van der Waals surface area contributed by atoms with Gasteiger partial charge in [0.1, 0.15) is 11.4 Å². The number of nitro groups is 1. The topological polar surface area (TPSA) is 69.3 Å². The zero-order chi connectivity index (χ0) is 17.0. The zero-order valence-electron chi connectivity index (χ0n) is 13.4. The molecule has 0 aliphatic carbocycles. The van der Waals surface area contributed by atoms with Crippen molar-refractivity contribution in [1.29, 1.82) is 0 Å². The molecule has 23 heavy (non-hydrogen) atoms. The van der Waals surface area contributed by atoms with Crippen LogP contribution < -0.4 is 10.1 Å². The van der Waals surface area contributed by atoms with E-state index in [-0.39, 0.29) is 17.5 Å². The number of benzene rings is 1. The minimum Gasteiger partial charge on any atom is -0.497 e. The Labute approximate surface area is 134 Å². The highest BCUT2D eigenvalue weighted by atomic mass is 19.1. The van der Waals surface area contributed by atoms with Crippen molar-refractivity contribution in [3.63, 3.8) is 0 Å². The number of ether oxygens (including phenoxy) is 1. The molecule has 0 saturated carbocycles. The maximum absolute atomic E-state index is 13.9. The summed E-state index contributed by atoms with van der Waals surface area (Å²) in [6.45, 7) is 1.91.